The number of nitrogens with one attached hydrogen (secondary N) is 2. The maximum absolute atomic E-state index is 13.0. The molecule has 0 fully saturated rings. The Kier molecular flexibility index (Phi) is 9.51. The number of hydrogen-bond donors (Lipinski definition) is 2. The van der Waals surface area contributed by atoms with Crippen molar-refractivity contribution < 1.29 is 27.5 Å². The van der Waals surface area contributed by atoms with Gasteiger partial charge in [0.05, 0.1) is 35.3 Å². The van der Waals surface area contributed by atoms with Crippen LogP contribution in [0.4, 0.5) is 11.4 Å². The molecule has 0 saturated heterocycles. The Balaban J connectivity index is 2.26. The van der Waals surface area contributed by atoms with E-state index < -0.39 is 22.0 Å². The molecule has 0 bridgehead atoms. The molecule has 33 heavy (non-hydrogen) atoms. The average molecular weight is 498 g/mol. The van der Waals surface area contributed by atoms with Crippen LogP contribution in [0, 0.1) is 0 Å². The van der Waals surface area contributed by atoms with Crippen molar-refractivity contribution in [1.29, 1.82) is 0 Å². The van der Waals surface area contributed by atoms with Gasteiger partial charge in [-0.15, -0.1) is 0 Å². The molecule has 180 valence electrons. The van der Waals surface area contributed by atoms with Crippen LogP contribution in [0.3, 0.4) is 0 Å². The minimum atomic E-state index is -3.85. The molecule has 0 radical (unpaired) electrons. The van der Waals surface area contributed by atoms with Crippen LogP contribution in [0.2, 0.25) is 5.02 Å². The highest BCUT2D eigenvalue weighted by atomic mass is 35.5. The highest BCUT2D eigenvalue weighted by molar-refractivity contribution is 7.92. The second kappa shape index (κ2) is 11.9. The van der Waals surface area contributed by atoms with Gasteiger partial charge >= 0.3 is 0 Å². The zero-order valence-corrected chi connectivity index (χ0v) is 20.5. The summed E-state index contributed by atoms with van der Waals surface area (Å²) in [6.45, 7) is 2.36. The number of hydrogen-bond acceptors (Lipinski definition) is 6. The predicted octanol–water partition coefficient (Wildman–Crippen LogP) is 2.91. The molecular formula is C22H28ClN3O6S. The predicted molar refractivity (Wildman–Crippen MR) is 129 cm³/mol. The van der Waals surface area contributed by atoms with Gasteiger partial charge in [-0.25, -0.2) is 8.42 Å². The number of ether oxygens (including phenoxy) is 2. The van der Waals surface area contributed by atoms with Gasteiger partial charge in [0.1, 0.15) is 11.8 Å². The largest absolute Gasteiger partial charge is 0.495 e. The number of carbonyl (C=O) groups is 2. The van der Waals surface area contributed by atoms with Gasteiger partial charge in [-0.05, 0) is 43.7 Å². The maximum Gasteiger partial charge on any atom is 0.253 e. The third-order valence-corrected chi connectivity index (χ3v) is 6.26. The van der Waals surface area contributed by atoms with Crippen molar-refractivity contribution in [2.45, 2.75) is 19.4 Å². The van der Waals surface area contributed by atoms with Gasteiger partial charge in [0.15, 0.2) is 0 Å². The van der Waals surface area contributed by atoms with Crippen LogP contribution in [0.15, 0.2) is 42.5 Å². The Bertz CT molecular complexity index is 1090. The Morgan fingerprint density at radius 2 is 1.85 bits per heavy atom. The summed E-state index contributed by atoms with van der Waals surface area (Å²) in [6.07, 6.45) is 1.64. The molecule has 0 spiro atoms. The molecule has 2 rings (SSSR count). The molecule has 1 atom stereocenters. The number of para-hydroxylation sites is 1. The molecule has 0 aliphatic rings. The number of nitrogens with zero attached hydrogens (tertiary/aromatic N) is 1. The Labute approximate surface area is 199 Å². The first kappa shape index (κ1) is 26.4. The average Bonchev–Trinajstić information content (AvgIpc) is 2.76. The fraction of sp³-hybridized carbons (Fsp3) is 0.364. The molecule has 0 aliphatic heterocycles. The molecular weight excluding hydrogens is 470 g/mol. The number of halogens is 1. The van der Waals surface area contributed by atoms with Crippen LogP contribution in [-0.2, 0) is 19.6 Å². The number of rotatable bonds is 11. The van der Waals surface area contributed by atoms with Crippen LogP contribution >= 0.6 is 11.6 Å². The molecule has 11 heteroatoms. The third-order valence-electron chi connectivity index (χ3n) is 4.72. The normalized spacial score (nSPS) is 12.0. The van der Waals surface area contributed by atoms with E-state index in [1.807, 2.05) is 0 Å². The van der Waals surface area contributed by atoms with Gasteiger partial charge in [-0.2, -0.15) is 0 Å². The van der Waals surface area contributed by atoms with E-state index in [1.165, 1.54) is 32.2 Å². The molecule has 2 aromatic rings. The number of benzene rings is 2. The van der Waals surface area contributed by atoms with Crippen molar-refractivity contribution in [1.82, 2.24) is 5.32 Å². The van der Waals surface area contributed by atoms with E-state index >= 15 is 0 Å². The Morgan fingerprint density at radius 3 is 2.45 bits per heavy atom. The van der Waals surface area contributed by atoms with E-state index in [0.29, 0.717) is 25.3 Å². The zero-order chi connectivity index (χ0) is 24.6. The van der Waals surface area contributed by atoms with E-state index in [9.17, 15) is 18.0 Å². The van der Waals surface area contributed by atoms with Crippen LogP contribution in [0.1, 0.15) is 23.7 Å². The lowest BCUT2D eigenvalue weighted by Gasteiger charge is -2.28. The minimum Gasteiger partial charge on any atom is -0.495 e. The summed E-state index contributed by atoms with van der Waals surface area (Å²) in [4.78, 5) is 25.6. The van der Waals surface area contributed by atoms with Gasteiger partial charge in [-0.1, -0.05) is 23.7 Å². The van der Waals surface area contributed by atoms with E-state index in [4.69, 9.17) is 21.1 Å². The molecule has 9 nitrogen and oxygen atoms in total. The summed E-state index contributed by atoms with van der Waals surface area (Å²) in [5, 5.41) is 5.63. The summed E-state index contributed by atoms with van der Waals surface area (Å²) < 4.78 is 36.1. The first-order chi connectivity index (χ1) is 15.6. The van der Waals surface area contributed by atoms with Crippen LogP contribution in [0.25, 0.3) is 0 Å². The topological polar surface area (TPSA) is 114 Å². The number of sulfonamides is 1. The summed E-state index contributed by atoms with van der Waals surface area (Å²) >= 11 is 6.16. The number of methoxy groups -OCH3 is 2. The summed E-state index contributed by atoms with van der Waals surface area (Å²) in [5.41, 5.74) is 0.726. The molecule has 2 N–H and O–H groups in total. The molecule has 2 aromatic carbocycles. The first-order valence-corrected chi connectivity index (χ1v) is 12.3. The third kappa shape index (κ3) is 7.08. The molecule has 0 saturated carbocycles. The summed E-state index contributed by atoms with van der Waals surface area (Å²) in [6, 6.07) is 9.77. The van der Waals surface area contributed by atoms with Gasteiger partial charge in [-0.3, -0.25) is 13.9 Å². The van der Waals surface area contributed by atoms with Gasteiger partial charge < -0.3 is 20.1 Å². The van der Waals surface area contributed by atoms with Gasteiger partial charge in [0.25, 0.3) is 5.91 Å². The Hall–Kier alpha value is -2.82. The highest BCUT2D eigenvalue weighted by Crippen LogP contribution is 2.31. The van der Waals surface area contributed by atoms with Crippen molar-refractivity contribution in [3.63, 3.8) is 0 Å². The lowest BCUT2D eigenvalue weighted by Crippen LogP contribution is -2.45. The zero-order valence-electron chi connectivity index (χ0n) is 18.9. The smallest absolute Gasteiger partial charge is 0.253 e. The standard InChI is InChI=1S/C22H28ClN3O6S/c1-15(26(33(4,29)30)16-10-11-20(32-3)18(23)14-16)21(27)25-19-9-6-5-8-17(19)22(28)24-12-7-13-31-2/h5-6,8-11,14-15H,7,12-13H2,1-4H3,(H,24,28)(H,25,27)/t15-/m0/s1. The van der Waals surface area contributed by atoms with Gasteiger partial charge in [0.2, 0.25) is 15.9 Å². The van der Waals surface area contributed by atoms with E-state index in [-0.39, 0.29) is 27.9 Å². The van der Waals surface area contributed by atoms with Crippen molar-refractivity contribution in [2.24, 2.45) is 0 Å². The number of carbonyl (C=O) groups excluding carboxylic acids is 2. The van der Waals surface area contributed by atoms with Gasteiger partial charge in [0, 0.05) is 20.3 Å². The molecule has 0 aromatic heterocycles. The number of anilines is 2. The molecule has 0 aliphatic carbocycles. The van der Waals surface area contributed by atoms with Crippen LogP contribution in [0.5, 0.6) is 5.75 Å². The first-order valence-electron chi connectivity index (χ1n) is 10.1. The molecule has 0 heterocycles. The second-order valence-corrected chi connectivity index (χ2v) is 9.46. The quantitative estimate of drug-likeness (QED) is 0.461. The fourth-order valence-electron chi connectivity index (χ4n) is 3.14. The van der Waals surface area contributed by atoms with Crippen LogP contribution < -0.4 is 19.7 Å². The molecule has 0 unspecified atom stereocenters. The highest BCUT2D eigenvalue weighted by Gasteiger charge is 2.30. The summed E-state index contributed by atoms with van der Waals surface area (Å²) in [5.74, 6) is -0.611. The monoisotopic (exact) mass is 497 g/mol. The lowest BCUT2D eigenvalue weighted by atomic mass is 10.1. The van der Waals surface area contributed by atoms with E-state index in [2.05, 4.69) is 10.6 Å². The van der Waals surface area contributed by atoms with Crippen molar-refractivity contribution in [2.75, 3.05) is 43.2 Å². The minimum absolute atomic E-state index is 0.201. The maximum atomic E-state index is 13.0. The SMILES string of the molecule is COCCCNC(=O)c1ccccc1NC(=O)[C@H](C)N(c1ccc(OC)c(Cl)c1)S(C)(=O)=O. The number of amides is 2. The Morgan fingerprint density at radius 1 is 1.15 bits per heavy atom. The second-order valence-electron chi connectivity index (χ2n) is 7.19. The summed E-state index contributed by atoms with van der Waals surface area (Å²) in [7, 11) is -0.835. The molecule has 2 amide bonds. The van der Waals surface area contributed by atoms with E-state index in [1.54, 1.807) is 31.4 Å². The van der Waals surface area contributed by atoms with E-state index in [0.717, 1.165) is 10.6 Å². The van der Waals surface area contributed by atoms with Crippen molar-refractivity contribution in [3.8, 4) is 5.75 Å². The van der Waals surface area contributed by atoms with Crippen molar-refractivity contribution >= 4 is 44.8 Å². The fourth-order valence-corrected chi connectivity index (χ4v) is 4.56. The lowest BCUT2D eigenvalue weighted by molar-refractivity contribution is -0.116. The van der Waals surface area contributed by atoms with Crippen molar-refractivity contribution in [3.05, 3.63) is 53.1 Å². The van der Waals surface area contributed by atoms with Crippen LogP contribution in [-0.4, -0.2) is 59.9 Å².